The predicted octanol–water partition coefficient (Wildman–Crippen LogP) is 3.29. The van der Waals surface area contributed by atoms with E-state index in [1.165, 1.54) is 19.3 Å². The summed E-state index contributed by atoms with van der Waals surface area (Å²) in [6, 6.07) is 12.1. The molecule has 136 valence electrons. The molecule has 0 amide bonds. The predicted molar refractivity (Wildman–Crippen MR) is 108 cm³/mol. The maximum atomic E-state index is 14.0. The van der Waals surface area contributed by atoms with Gasteiger partial charge in [0.25, 0.3) is 0 Å². The van der Waals surface area contributed by atoms with Crippen LogP contribution in [0.15, 0.2) is 51.7 Å². The van der Waals surface area contributed by atoms with Crippen molar-refractivity contribution in [2.45, 2.75) is 24.4 Å². The van der Waals surface area contributed by atoms with Crippen LogP contribution in [0.5, 0.6) is 5.75 Å². The molecule has 0 N–H and O–H groups in total. The summed E-state index contributed by atoms with van der Waals surface area (Å²) in [5.74, 6) is -0.207. The average Bonchev–Trinajstić information content (AvgIpc) is 2.80. The quantitative estimate of drug-likeness (QED) is 0.492. The number of benzene rings is 2. The van der Waals surface area contributed by atoms with E-state index in [-0.39, 0.29) is 6.54 Å². The second-order valence-electron chi connectivity index (χ2n) is 6.53. The SMILES string of the molecule is BC(F)(P)Oc1ccc(-c2ccc3oc(=O)n(CC(C)(F)P)c3c2)cc1. The standard InChI is InChI=1S/C17H18BF2NO3P2/c1-16(19,25)9-21-13-8-11(4-7-14(13)23-15(21)22)10-2-5-12(6-3-10)24-17(18,20)26/h2-8H,9,18,25-26H2,1H3. The van der Waals surface area contributed by atoms with Gasteiger partial charge < -0.3 is 9.15 Å². The van der Waals surface area contributed by atoms with Crippen LogP contribution in [0.25, 0.3) is 22.2 Å². The molecule has 0 spiro atoms. The van der Waals surface area contributed by atoms with Gasteiger partial charge in [-0.25, -0.2) is 13.6 Å². The molecule has 1 heterocycles. The molecule has 4 unspecified atom stereocenters. The smallest absolute Gasteiger partial charge is 0.420 e. The first-order chi connectivity index (χ1) is 12.0. The minimum Gasteiger partial charge on any atom is -0.464 e. The van der Waals surface area contributed by atoms with Gasteiger partial charge in [-0.05, 0) is 42.3 Å². The first-order valence-corrected chi connectivity index (χ1v) is 9.06. The minimum atomic E-state index is -1.84. The number of halogens is 2. The zero-order valence-corrected chi connectivity index (χ0v) is 16.6. The molecule has 0 aliphatic rings. The topological polar surface area (TPSA) is 44.4 Å². The fraction of sp³-hybridized carbons (Fsp3) is 0.235. The van der Waals surface area contributed by atoms with Gasteiger partial charge in [-0.1, -0.05) is 36.7 Å². The van der Waals surface area contributed by atoms with Crippen molar-refractivity contribution in [1.82, 2.24) is 4.57 Å². The van der Waals surface area contributed by atoms with Crippen LogP contribution in [0.1, 0.15) is 6.92 Å². The normalized spacial score (nSPS) is 16.2. The Balaban J connectivity index is 1.98. The van der Waals surface area contributed by atoms with E-state index in [1.807, 2.05) is 9.24 Å². The number of rotatable bonds is 5. The average molecular weight is 395 g/mol. The van der Waals surface area contributed by atoms with E-state index in [0.717, 1.165) is 11.1 Å². The van der Waals surface area contributed by atoms with E-state index in [4.69, 9.17) is 9.15 Å². The molecule has 26 heavy (non-hydrogen) atoms. The number of nitrogens with zero attached hydrogens (tertiary/aromatic N) is 1. The van der Waals surface area contributed by atoms with Gasteiger partial charge >= 0.3 is 5.76 Å². The molecule has 1 aromatic heterocycles. The number of ether oxygens (including phenoxy) is 1. The monoisotopic (exact) mass is 395 g/mol. The Bertz CT molecular complexity index is 988. The molecule has 0 radical (unpaired) electrons. The summed E-state index contributed by atoms with van der Waals surface area (Å²) in [5, 5.41) is -1.63. The van der Waals surface area contributed by atoms with Crippen molar-refractivity contribution >= 4 is 37.4 Å². The summed E-state index contributed by atoms with van der Waals surface area (Å²) >= 11 is 0. The van der Waals surface area contributed by atoms with E-state index >= 15 is 0 Å². The first kappa shape index (κ1) is 19.1. The molecule has 0 bridgehead atoms. The molecule has 0 fully saturated rings. The molecule has 3 rings (SSSR count). The number of hydrogen-bond acceptors (Lipinski definition) is 3. The summed E-state index contributed by atoms with van der Waals surface area (Å²) in [6.45, 7) is 1.24. The third-order valence-corrected chi connectivity index (χ3v) is 3.94. The van der Waals surface area contributed by atoms with E-state index in [0.29, 0.717) is 16.8 Å². The molecule has 4 atom stereocenters. The summed E-state index contributed by atoms with van der Waals surface area (Å²) < 4.78 is 39.1. The Morgan fingerprint density at radius 3 is 2.35 bits per heavy atom. The summed E-state index contributed by atoms with van der Waals surface area (Å²) in [6.07, 6.45) is 0. The van der Waals surface area contributed by atoms with Crippen molar-refractivity contribution in [3.05, 3.63) is 53.0 Å². The minimum absolute atomic E-state index is 0.136. The molecular formula is C17H18BF2NO3P2. The Morgan fingerprint density at radius 1 is 1.15 bits per heavy atom. The van der Waals surface area contributed by atoms with E-state index in [9.17, 15) is 13.6 Å². The first-order valence-electron chi connectivity index (χ1n) is 7.90. The Kier molecular flexibility index (Phi) is 4.98. The van der Waals surface area contributed by atoms with Gasteiger partial charge in [0, 0.05) is 0 Å². The lowest BCUT2D eigenvalue weighted by Gasteiger charge is -2.17. The fourth-order valence-electron chi connectivity index (χ4n) is 2.65. The van der Waals surface area contributed by atoms with Gasteiger partial charge in [0.2, 0.25) is 13.3 Å². The van der Waals surface area contributed by atoms with Crippen LogP contribution in [0.2, 0.25) is 0 Å². The highest BCUT2D eigenvalue weighted by Crippen LogP contribution is 2.29. The Hall–Kier alpha value is -1.71. The van der Waals surface area contributed by atoms with Gasteiger partial charge in [-0.3, -0.25) is 4.57 Å². The number of fused-ring (bicyclic) bond motifs is 1. The van der Waals surface area contributed by atoms with Crippen LogP contribution in [-0.2, 0) is 6.54 Å². The Labute approximate surface area is 154 Å². The van der Waals surface area contributed by atoms with Crippen LogP contribution >= 0.6 is 18.5 Å². The van der Waals surface area contributed by atoms with E-state index in [2.05, 4.69) is 9.24 Å². The third-order valence-electron chi connectivity index (χ3n) is 3.64. The van der Waals surface area contributed by atoms with Crippen molar-refractivity contribution in [3.8, 4) is 16.9 Å². The van der Waals surface area contributed by atoms with Crippen molar-refractivity contribution in [2.75, 3.05) is 0 Å². The van der Waals surface area contributed by atoms with E-state index in [1.54, 1.807) is 42.5 Å². The molecule has 9 heteroatoms. The fourth-order valence-corrected chi connectivity index (χ4v) is 2.97. The lowest BCUT2D eigenvalue weighted by Crippen LogP contribution is -2.24. The number of oxazole rings is 1. The summed E-state index contributed by atoms with van der Waals surface area (Å²) in [5.41, 5.74) is 0.726. The van der Waals surface area contributed by atoms with Crippen molar-refractivity contribution in [1.29, 1.82) is 0 Å². The van der Waals surface area contributed by atoms with Gasteiger partial charge in [0.1, 0.15) is 11.2 Å². The summed E-state index contributed by atoms with van der Waals surface area (Å²) in [7, 11) is 5.34. The van der Waals surface area contributed by atoms with Gasteiger partial charge in [-0.15, -0.1) is 0 Å². The molecule has 4 nitrogen and oxygen atoms in total. The van der Waals surface area contributed by atoms with Crippen LogP contribution in [0.3, 0.4) is 0 Å². The van der Waals surface area contributed by atoms with Crippen LogP contribution in [-0.4, -0.2) is 23.3 Å². The largest absolute Gasteiger partial charge is 0.464 e. The van der Waals surface area contributed by atoms with Gasteiger partial charge in [0.05, 0.1) is 12.1 Å². The van der Waals surface area contributed by atoms with Crippen LogP contribution < -0.4 is 10.5 Å². The molecule has 0 aliphatic carbocycles. The highest BCUT2D eigenvalue weighted by molar-refractivity contribution is 7.21. The van der Waals surface area contributed by atoms with Gasteiger partial charge in [0.15, 0.2) is 5.58 Å². The molecule has 0 aliphatic heterocycles. The summed E-state index contributed by atoms with van der Waals surface area (Å²) in [4.78, 5) is 12.0. The van der Waals surface area contributed by atoms with Crippen molar-refractivity contribution in [2.24, 2.45) is 0 Å². The van der Waals surface area contributed by atoms with E-state index < -0.39 is 16.7 Å². The van der Waals surface area contributed by atoms with Gasteiger partial charge in [-0.2, -0.15) is 0 Å². The third kappa shape index (κ3) is 4.52. The lowest BCUT2D eigenvalue weighted by molar-refractivity contribution is 0.110. The van der Waals surface area contributed by atoms with Crippen molar-refractivity contribution < 1.29 is 17.9 Å². The van der Waals surface area contributed by atoms with Crippen LogP contribution in [0, 0.1) is 0 Å². The van der Waals surface area contributed by atoms with Crippen molar-refractivity contribution in [3.63, 3.8) is 0 Å². The molecule has 2 aromatic carbocycles. The molecule has 3 aromatic rings. The maximum Gasteiger partial charge on any atom is 0.420 e. The highest BCUT2D eigenvalue weighted by Gasteiger charge is 2.21. The molecular weight excluding hydrogens is 377 g/mol. The maximum absolute atomic E-state index is 14.0. The van der Waals surface area contributed by atoms with Crippen LogP contribution in [0.4, 0.5) is 8.78 Å². The second kappa shape index (κ2) is 6.79. The zero-order chi connectivity index (χ0) is 19.1. The Morgan fingerprint density at radius 2 is 1.77 bits per heavy atom. The number of alkyl halides is 2. The zero-order valence-electron chi connectivity index (χ0n) is 14.3. The second-order valence-corrected chi connectivity index (χ2v) is 8.76. The number of aromatic nitrogens is 1. The number of hydrogen-bond donors (Lipinski definition) is 0. The highest BCUT2D eigenvalue weighted by atomic mass is 31.0. The molecule has 0 saturated heterocycles. The lowest BCUT2D eigenvalue weighted by atomic mass is 10.0. The molecule has 0 saturated carbocycles.